The number of aromatic nitrogens is 1. The van der Waals surface area contributed by atoms with Crippen LogP contribution in [0.5, 0.6) is 0 Å². The van der Waals surface area contributed by atoms with Crippen LogP contribution in [0.3, 0.4) is 0 Å². The minimum absolute atomic E-state index is 0.0569. The Morgan fingerprint density at radius 1 is 0.960 bits per heavy atom. The molecule has 1 heterocycles. The average Bonchev–Trinajstić information content (AvgIpc) is 2.65. The summed E-state index contributed by atoms with van der Waals surface area (Å²) in [6.45, 7) is 0.00954. The second-order valence-electron chi connectivity index (χ2n) is 5.42. The van der Waals surface area contributed by atoms with Crippen molar-refractivity contribution < 1.29 is 13.2 Å². The molecule has 0 atom stereocenters. The zero-order valence-electron chi connectivity index (χ0n) is 13.3. The molecule has 0 fully saturated rings. The molecule has 6 nitrogen and oxygen atoms in total. The lowest BCUT2D eigenvalue weighted by atomic mass is 10.2. The zero-order valence-corrected chi connectivity index (χ0v) is 14.2. The second-order valence-corrected chi connectivity index (χ2v) is 7.15. The number of carbonyl (C=O) groups is 1. The summed E-state index contributed by atoms with van der Waals surface area (Å²) in [5, 5.41) is 3.40. The van der Waals surface area contributed by atoms with Gasteiger partial charge in [-0.2, -0.15) is 0 Å². The van der Waals surface area contributed by atoms with Gasteiger partial charge in [-0.15, -0.1) is 0 Å². The van der Waals surface area contributed by atoms with Gasteiger partial charge in [-0.3, -0.25) is 9.78 Å². The fourth-order valence-corrected chi connectivity index (χ4v) is 3.55. The van der Waals surface area contributed by atoms with Crippen LogP contribution in [0.25, 0.3) is 10.9 Å². The van der Waals surface area contributed by atoms with Gasteiger partial charge in [0.2, 0.25) is 15.9 Å². The second kappa shape index (κ2) is 7.42. The van der Waals surface area contributed by atoms with E-state index in [1.54, 1.807) is 24.3 Å². The quantitative estimate of drug-likeness (QED) is 0.706. The van der Waals surface area contributed by atoms with Gasteiger partial charge in [0.05, 0.1) is 12.1 Å². The van der Waals surface area contributed by atoms with E-state index in [4.69, 9.17) is 0 Å². The Morgan fingerprint density at radius 3 is 2.52 bits per heavy atom. The molecule has 2 N–H and O–H groups in total. The highest BCUT2D eigenvalue weighted by Crippen LogP contribution is 2.20. The molecule has 1 amide bonds. The number of carbonyl (C=O) groups excluding carboxylic acids is 1. The summed E-state index contributed by atoms with van der Waals surface area (Å²) in [6, 6.07) is 17.8. The van der Waals surface area contributed by atoms with E-state index in [9.17, 15) is 13.2 Å². The van der Waals surface area contributed by atoms with Crippen LogP contribution >= 0.6 is 0 Å². The predicted octanol–water partition coefficient (Wildman–Crippen LogP) is 1.83. The van der Waals surface area contributed by atoms with Crippen LogP contribution in [0.1, 0.15) is 5.56 Å². The first-order valence-electron chi connectivity index (χ1n) is 7.70. The van der Waals surface area contributed by atoms with E-state index in [0.29, 0.717) is 12.1 Å². The van der Waals surface area contributed by atoms with E-state index < -0.39 is 15.9 Å². The number of pyridine rings is 1. The van der Waals surface area contributed by atoms with Crippen LogP contribution in [0.4, 0.5) is 0 Å². The van der Waals surface area contributed by atoms with Crippen molar-refractivity contribution in [2.75, 3.05) is 6.54 Å². The third kappa shape index (κ3) is 4.20. The first-order valence-corrected chi connectivity index (χ1v) is 9.18. The molecular formula is C18H17N3O3S. The van der Waals surface area contributed by atoms with Gasteiger partial charge >= 0.3 is 0 Å². The number of fused-ring (bicyclic) bond motifs is 1. The maximum absolute atomic E-state index is 12.5. The van der Waals surface area contributed by atoms with Crippen LogP contribution in [0.2, 0.25) is 0 Å². The van der Waals surface area contributed by atoms with E-state index in [0.717, 1.165) is 10.9 Å². The Hall–Kier alpha value is -2.77. The summed E-state index contributed by atoms with van der Waals surface area (Å²) in [7, 11) is -3.84. The van der Waals surface area contributed by atoms with Crippen molar-refractivity contribution in [2.24, 2.45) is 0 Å². The van der Waals surface area contributed by atoms with Crippen molar-refractivity contribution in [1.29, 1.82) is 0 Å². The number of nitrogens with one attached hydrogen (secondary N) is 2. The highest BCUT2D eigenvalue weighted by atomic mass is 32.2. The van der Waals surface area contributed by atoms with Crippen LogP contribution in [0.15, 0.2) is 71.8 Å². The molecule has 0 aliphatic heterocycles. The highest BCUT2D eigenvalue weighted by Gasteiger charge is 2.18. The van der Waals surface area contributed by atoms with Gasteiger partial charge in [0.1, 0.15) is 4.90 Å². The van der Waals surface area contributed by atoms with Gasteiger partial charge < -0.3 is 5.32 Å². The maximum atomic E-state index is 12.5. The fraction of sp³-hybridized carbons (Fsp3) is 0.111. The van der Waals surface area contributed by atoms with Crippen molar-refractivity contribution in [3.8, 4) is 0 Å². The van der Waals surface area contributed by atoms with E-state index in [-0.39, 0.29) is 11.4 Å². The van der Waals surface area contributed by atoms with Crippen LogP contribution in [-0.2, 0) is 21.4 Å². The van der Waals surface area contributed by atoms with Gasteiger partial charge in [0, 0.05) is 18.1 Å². The molecule has 0 bridgehead atoms. The van der Waals surface area contributed by atoms with Crippen molar-refractivity contribution in [3.63, 3.8) is 0 Å². The van der Waals surface area contributed by atoms with Gasteiger partial charge in [0.25, 0.3) is 0 Å². The van der Waals surface area contributed by atoms with Crippen molar-refractivity contribution in [3.05, 3.63) is 72.4 Å². The molecule has 3 rings (SSSR count). The van der Waals surface area contributed by atoms with Gasteiger partial charge in [-0.25, -0.2) is 13.1 Å². The number of hydrogen-bond donors (Lipinski definition) is 2. The monoisotopic (exact) mass is 355 g/mol. The molecule has 25 heavy (non-hydrogen) atoms. The molecule has 0 aliphatic rings. The Kier molecular flexibility index (Phi) is 5.06. The SMILES string of the molecule is O=C(CNS(=O)(=O)c1cccc2cccnc12)NCc1ccccc1. The molecule has 2 aromatic carbocycles. The lowest BCUT2D eigenvalue weighted by Gasteiger charge is -2.09. The van der Waals surface area contributed by atoms with Gasteiger partial charge in [0.15, 0.2) is 0 Å². The molecule has 0 aliphatic carbocycles. The van der Waals surface area contributed by atoms with Crippen LogP contribution < -0.4 is 10.0 Å². The minimum atomic E-state index is -3.84. The Morgan fingerprint density at radius 2 is 1.72 bits per heavy atom. The molecule has 7 heteroatoms. The summed E-state index contributed by atoms with van der Waals surface area (Å²) < 4.78 is 27.3. The predicted molar refractivity (Wildman–Crippen MR) is 95.2 cm³/mol. The summed E-state index contributed by atoms with van der Waals surface area (Å²) in [5.74, 6) is -0.402. The molecule has 0 spiro atoms. The summed E-state index contributed by atoms with van der Waals surface area (Å²) in [6.07, 6.45) is 1.54. The molecule has 128 valence electrons. The fourth-order valence-electron chi connectivity index (χ4n) is 2.39. The summed E-state index contributed by atoms with van der Waals surface area (Å²) in [4.78, 5) is 16.1. The highest BCUT2D eigenvalue weighted by molar-refractivity contribution is 7.89. The first kappa shape index (κ1) is 17.1. The Balaban J connectivity index is 1.66. The lowest BCUT2D eigenvalue weighted by Crippen LogP contribution is -2.36. The number of para-hydroxylation sites is 1. The first-order chi connectivity index (χ1) is 12.1. The van der Waals surface area contributed by atoms with E-state index in [1.165, 1.54) is 12.3 Å². The number of benzene rings is 2. The van der Waals surface area contributed by atoms with E-state index >= 15 is 0 Å². The lowest BCUT2D eigenvalue weighted by molar-refractivity contribution is -0.120. The smallest absolute Gasteiger partial charge is 0.243 e. The third-order valence-electron chi connectivity index (χ3n) is 3.64. The largest absolute Gasteiger partial charge is 0.351 e. The molecule has 0 saturated carbocycles. The van der Waals surface area contributed by atoms with Crippen molar-refractivity contribution >= 4 is 26.8 Å². The van der Waals surface area contributed by atoms with Crippen molar-refractivity contribution in [2.45, 2.75) is 11.4 Å². The Bertz CT molecular complexity index is 983. The number of nitrogens with zero attached hydrogens (tertiary/aromatic N) is 1. The Labute approximate surface area is 146 Å². The molecule has 3 aromatic rings. The van der Waals surface area contributed by atoms with Gasteiger partial charge in [-0.05, 0) is 17.7 Å². The van der Waals surface area contributed by atoms with Gasteiger partial charge in [-0.1, -0.05) is 48.5 Å². The summed E-state index contributed by atoms with van der Waals surface area (Å²) >= 11 is 0. The average molecular weight is 355 g/mol. The third-order valence-corrected chi connectivity index (χ3v) is 5.07. The number of sulfonamides is 1. The molecule has 0 radical (unpaired) electrons. The van der Waals surface area contributed by atoms with E-state index in [2.05, 4.69) is 15.0 Å². The normalized spacial score (nSPS) is 11.4. The standard InChI is InChI=1S/C18H17N3O3S/c22-17(20-12-14-6-2-1-3-7-14)13-21-25(23,24)16-10-4-8-15-9-5-11-19-18(15)16/h1-11,21H,12-13H2,(H,20,22). The molecular weight excluding hydrogens is 338 g/mol. The molecule has 0 saturated heterocycles. The van der Waals surface area contributed by atoms with E-state index in [1.807, 2.05) is 30.3 Å². The number of hydrogen-bond acceptors (Lipinski definition) is 4. The number of rotatable bonds is 6. The zero-order chi connectivity index (χ0) is 17.7. The van der Waals surface area contributed by atoms with Crippen LogP contribution in [0, 0.1) is 0 Å². The summed E-state index contributed by atoms with van der Waals surface area (Å²) in [5.41, 5.74) is 1.32. The molecule has 1 aromatic heterocycles. The number of amides is 1. The molecule has 0 unspecified atom stereocenters. The van der Waals surface area contributed by atoms with Crippen molar-refractivity contribution in [1.82, 2.24) is 15.0 Å². The van der Waals surface area contributed by atoms with Crippen LogP contribution in [-0.4, -0.2) is 25.9 Å². The minimum Gasteiger partial charge on any atom is -0.351 e. The topological polar surface area (TPSA) is 88.2 Å². The maximum Gasteiger partial charge on any atom is 0.243 e.